The molecule has 5 N–H and O–H groups in total. The number of nitrogens with one attached hydrogen (secondary N) is 1. The Bertz CT molecular complexity index is 391. The van der Waals surface area contributed by atoms with Gasteiger partial charge in [-0.3, -0.25) is 15.1 Å². The van der Waals surface area contributed by atoms with Crippen LogP contribution in [0.25, 0.3) is 0 Å². The minimum Gasteiger partial charge on any atom is -0.459 e. The van der Waals surface area contributed by atoms with Crippen LogP contribution < -0.4 is 17.0 Å². The standard InChI is InChI=1S/C11H18N4O2/c12-9-2-1-4-15(7-9)6-8-3-5-17-10(8)11(16)14-13/h3,5,9H,1-2,4,6-7,12-13H2,(H,14,16). The number of amides is 1. The molecule has 6 nitrogen and oxygen atoms in total. The minimum atomic E-state index is -0.397. The van der Waals surface area contributed by atoms with Crippen LogP contribution in [0.15, 0.2) is 16.7 Å². The number of hydrazine groups is 1. The van der Waals surface area contributed by atoms with E-state index in [0.717, 1.165) is 31.5 Å². The summed E-state index contributed by atoms with van der Waals surface area (Å²) in [6, 6.07) is 2.02. The Hall–Kier alpha value is -1.37. The summed E-state index contributed by atoms with van der Waals surface area (Å²) in [4.78, 5) is 13.7. The molecular formula is C11H18N4O2. The molecule has 2 heterocycles. The van der Waals surface area contributed by atoms with Crippen molar-refractivity contribution in [2.45, 2.75) is 25.4 Å². The van der Waals surface area contributed by atoms with E-state index in [9.17, 15) is 4.79 Å². The van der Waals surface area contributed by atoms with E-state index in [0.29, 0.717) is 6.54 Å². The maximum Gasteiger partial charge on any atom is 0.301 e. The first-order valence-corrected chi connectivity index (χ1v) is 5.76. The van der Waals surface area contributed by atoms with Gasteiger partial charge >= 0.3 is 5.91 Å². The molecule has 17 heavy (non-hydrogen) atoms. The fourth-order valence-electron chi connectivity index (χ4n) is 2.20. The van der Waals surface area contributed by atoms with Crippen LogP contribution in [-0.2, 0) is 6.54 Å². The van der Waals surface area contributed by atoms with Crippen LogP contribution in [-0.4, -0.2) is 29.9 Å². The third kappa shape index (κ3) is 2.85. The van der Waals surface area contributed by atoms with Gasteiger partial charge < -0.3 is 10.2 Å². The van der Waals surface area contributed by atoms with Crippen molar-refractivity contribution in [1.82, 2.24) is 10.3 Å². The number of likely N-dealkylation sites (tertiary alicyclic amines) is 1. The van der Waals surface area contributed by atoms with Crippen LogP contribution in [0.2, 0.25) is 0 Å². The zero-order chi connectivity index (χ0) is 12.3. The molecule has 0 bridgehead atoms. The predicted molar refractivity (Wildman–Crippen MR) is 62.8 cm³/mol. The molecule has 1 unspecified atom stereocenters. The lowest BCUT2D eigenvalue weighted by Crippen LogP contribution is -2.42. The Morgan fingerprint density at radius 3 is 3.18 bits per heavy atom. The van der Waals surface area contributed by atoms with Crippen LogP contribution in [0.4, 0.5) is 0 Å². The van der Waals surface area contributed by atoms with Gasteiger partial charge in [0.15, 0.2) is 5.76 Å². The number of hydrogen-bond acceptors (Lipinski definition) is 5. The number of nitrogens with zero attached hydrogens (tertiary/aromatic N) is 1. The molecule has 1 amide bonds. The zero-order valence-corrected chi connectivity index (χ0v) is 9.69. The highest BCUT2D eigenvalue weighted by Crippen LogP contribution is 2.16. The van der Waals surface area contributed by atoms with Crippen molar-refractivity contribution < 1.29 is 9.21 Å². The minimum absolute atomic E-state index is 0.224. The quantitative estimate of drug-likeness (QED) is 0.385. The molecule has 0 saturated carbocycles. The van der Waals surface area contributed by atoms with Crippen LogP contribution in [0.5, 0.6) is 0 Å². The fourth-order valence-corrected chi connectivity index (χ4v) is 2.20. The van der Waals surface area contributed by atoms with Crippen LogP contribution >= 0.6 is 0 Å². The van der Waals surface area contributed by atoms with Crippen molar-refractivity contribution in [3.63, 3.8) is 0 Å². The molecular weight excluding hydrogens is 220 g/mol. The molecule has 2 rings (SSSR count). The highest BCUT2D eigenvalue weighted by atomic mass is 16.3. The lowest BCUT2D eigenvalue weighted by atomic mass is 10.1. The van der Waals surface area contributed by atoms with Gasteiger partial charge in [0, 0.05) is 24.7 Å². The van der Waals surface area contributed by atoms with Gasteiger partial charge in [-0.1, -0.05) is 0 Å². The van der Waals surface area contributed by atoms with Gasteiger partial charge in [-0.25, -0.2) is 5.84 Å². The highest BCUT2D eigenvalue weighted by Gasteiger charge is 2.20. The Morgan fingerprint density at radius 2 is 2.47 bits per heavy atom. The van der Waals surface area contributed by atoms with Crippen molar-refractivity contribution in [3.05, 3.63) is 23.7 Å². The molecule has 1 aromatic rings. The molecule has 6 heteroatoms. The fraction of sp³-hybridized carbons (Fsp3) is 0.545. The lowest BCUT2D eigenvalue weighted by Gasteiger charge is -2.30. The molecule has 1 aliphatic rings. The van der Waals surface area contributed by atoms with E-state index in [1.165, 1.54) is 6.26 Å². The number of piperidine rings is 1. The highest BCUT2D eigenvalue weighted by molar-refractivity contribution is 5.92. The number of hydrogen-bond donors (Lipinski definition) is 3. The van der Waals surface area contributed by atoms with E-state index in [1.807, 2.05) is 0 Å². The van der Waals surface area contributed by atoms with Crippen molar-refractivity contribution in [2.75, 3.05) is 13.1 Å². The third-order valence-electron chi connectivity index (χ3n) is 3.02. The first-order chi connectivity index (χ1) is 8.20. The zero-order valence-electron chi connectivity index (χ0n) is 9.69. The van der Waals surface area contributed by atoms with Gasteiger partial charge in [0.05, 0.1) is 6.26 Å². The summed E-state index contributed by atoms with van der Waals surface area (Å²) in [5, 5.41) is 0. The maximum absolute atomic E-state index is 11.4. The van der Waals surface area contributed by atoms with Crippen LogP contribution in [0.3, 0.4) is 0 Å². The van der Waals surface area contributed by atoms with E-state index >= 15 is 0 Å². The normalized spacial score (nSPS) is 21.4. The lowest BCUT2D eigenvalue weighted by molar-refractivity contribution is 0.0922. The van der Waals surface area contributed by atoms with Gasteiger partial charge in [0.2, 0.25) is 0 Å². The van der Waals surface area contributed by atoms with Gasteiger partial charge in [-0.05, 0) is 25.5 Å². The molecule has 0 aliphatic carbocycles. The monoisotopic (exact) mass is 238 g/mol. The summed E-state index contributed by atoms with van der Waals surface area (Å²) in [5.41, 5.74) is 8.84. The van der Waals surface area contributed by atoms with Crippen LogP contribution in [0.1, 0.15) is 29.0 Å². The van der Waals surface area contributed by atoms with Crippen molar-refractivity contribution in [2.24, 2.45) is 11.6 Å². The Kier molecular flexibility index (Phi) is 3.78. The molecule has 1 aliphatic heterocycles. The molecule has 0 spiro atoms. The number of furan rings is 1. The van der Waals surface area contributed by atoms with E-state index in [1.54, 1.807) is 6.07 Å². The molecule has 0 radical (unpaired) electrons. The molecule has 1 saturated heterocycles. The summed E-state index contributed by atoms with van der Waals surface area (Å²) in [5.74, 6) is 4.98. The second-order valence-corrected chi connectivity index (χ2v) is 4.39. The molecule has 0 aromatic carbocycles. The average Bonchev–Trinajstić information content (AvgIpc) is 2.76. The Balaban J connectivity index is 2.03. The average molecular weight is 238 g/mol. The summed E-state index contributed by atoms with van der Waals surface area (Å²) >= 11 is 0. The summed E-state index contributed by atoms with van der Waals surface area (Å²) in [6.07, 6.45) is 3.67. The van der Waals surface area contributed by atoms with Crippen molar-refractivity contribution in [3.8, 4) is 0 Å². The molecule has 94 valence electrons. The number of nitrogens with two attached hydrogens (primary N) is 2. The van der Waals surface area contributed by atoms with Gasteiger partial charge in [-0.15, -0.1) is 0 Å². The van der Waals surface area contributed by atoms with E-state index in [2.05, 4.69) is 10.3 Å². The number of rotatable bonds is 3. The molecule has 1 atom stereocenters. The van der Waals surface area contributed by atoms with Crippen LogP contribution in [0, 0.1) is 0 Å². The summed E-state index contributed by atoms with van der Waals surface area (Å²) in [7, 11) is 0. The summed E-state index contributed by atoms with van der Waals surface area (Å²) in [6.45, 7) is 2.53. The maximum atomic E-state index is 11.4. The van der Waals surface area contributed by atoms with Crippen molar-refractivity contribution >= 4 is 5.91 Å². The molecule has 1 aromatic heterocycles. The topological polar surface area (TPSA) is 97.5 Å². The largest absolute Gasteiger partial charge is 0.459 e. The Morgan fingerprint density at radius 1 is 1.65 bits per heavy atom. The number of nitrogen functional groups attached to an aromatic ring is 1. The van der Waals surface area contributed by atoms with E-state index in [4.69, 9.17) is 16.0 Å². The Labute approximate surface area is 99.9 Å². The van der Waals surface area contributed by atoms with E-state index < -0.39 is 5.91 Å². The van der Waals surface area contributed by atoms with E-state index in [-0.39, 0.29) is 11.8 Å². The second-order valence-electron chi connectivity index (χ2n) is 4.39. The number of carbonyl (C=O) groups excluding carboxylic acids is 1. The summed E-state index contributed by atoms with van der Waals surface area (Å²) < 4.78 is 5.14. The van der Waals surface area contributed by atoms with Gasteiger partial charge in [-0.2, -0.15) is 0 Å². The SMILES string of the molecule is NNC(=O)c1occc1CN1CCCC(N)C1. The number of carbonyl (C=O) groups is 1. The second kappa shape index (κ2) is 5.31. The molecule has 1 fully saturated rings. The van der Waals surface area contributed by atoms with Gasteiger partial charge in [0.25, 0.3) is 0 Å². The smallest absolute Gasteiger partial charge is 0.301 e. The third-order valence-corrected chi connectivity index (χ3v) is 3.02. The van der Waals surface area contributed by atoms with Gasteiger partial charge in [0.1, 0.15) is 0 Å². The first kappa shape index (κ1) is 12.1. The first-order valence-electron chi connectivity index (χ1n) is 5.76. The van der Waals surface area contributed by atoms with Crippen molar-refractivity contribution in [1.29, 1.82) is 0 Å². The predicted octanol–water partition coefficient (Wildman–Crippen LogP) is -0.194.